The Bertz CT molecular complexity index is 1510. The van der Waals surface area contributed by atoms with Crippen LogP contribution in [0.3, 0.4) is 0 Å². The van der Waals surface area contributed by atoms with Crippen LogP contribution in [-0.4, -0.2) is 99.2 Å². The van der Waals surface area contributed by atoms with Gasteiger partial charge in [0, 0.05) is 50.9 Å². The van der Waals surface area contributed by atoms with Crippen LogP contribution in [0.25, 0.3) is 0 Å². The maximum atomic E-state index is 14.9. The zero-order chi connectivity index (χ0) is 39.4. The molecule has 0 aromatic carbocycles. The van der Waals surface area contributed by atoms with Crippen molar-refractivity contribution in [3.63, 3.8) is 0 Å². The average molecular weight is 771 g/mol. The third-order valence-electron chi connectivity index (χ3n) is 11.8. The summed E-state index contributed by atoms with van der Waals surface area (Å²) in [6.07, 6.45) is 8.52. The Balaban J connectivity index is 1.41. The first kappa shape index (κ1) is 42.1. The topological polar surface area (TPSA) is 139 Å². The second-order valence-corrected chi connectivity index (χ2v) is 18.5. The van der Waals surface area contributed by atoms with Crippen LogP contribution in [0, 0.1) is 29.1 Å². The molecule has 1 aromatic rings. The monoisotopic (exact) mass is 770 g/mol. The third kappa shape index (κ3) is 10.8. The molecule has 2 saturated carbocycles. The lowest BCUT2D eigenvalue weighted by Crippen LogP contribution is -2.51. The molecule has 1 saturated heterocycles. The van der Waals surface area contributed by atoms with E-state index in [1.807, 2.05) is 53.5 Å². The van der Waals surface area contributed by atoms with Gasteiger partial charge in [-0.1, -0.05) is 65.0 Å². The maximum absolute atomic E-state index is 14.9. The fraction of sp³-hybridized carbons (Fsp3) is 0.762. The number of carbonyl (C=O) groups excluding carboxylic acids is 4. The Labute approximate surface area is 327 Å². The van der Waals surface area contributed by atoms with Gasteiger partial charge in [0.05, 0.1) is 29.2 Å². The van der Waals surface area contributed by atoms with Crippen molar-refractivity contribution < 1.29 is 33.8 Å². The normalized spacial score (nSPS) is 23.9. The molecule has 0 spiro atoms. The summed E-state index contributed by atoms with van der Waals surface area (Å²) in [5.41, 5.74) is -1.01. The number of likely N-dealkylation sites (tertiary alicyclic amines) is 1. The molecule has 1 amide bonds. The van der Waals surface area contributed by atoms with Gasteiger partial charge in [-0.15, -0.1) is 0 Å². The largest absolute Gasteiger partial charge is 0.472 e. The van der Waals surface area contributed by atoms with E-state index in [4.69, 9.17) is 26.1 Å². The Morgan fingerprint density at radius 2 is 1.78 bits per heavy atom. The SMILES string of the molecule is CCC[C@H](CC(=O)[C@@H]1C[C@@H](Oc2ccc(Cl)cn2)CN1C(=O)[C@@H](CC(=O)[C@H](C1CCCCC1)N(C)C1=NC(C)(C)CO1)C(C)(C)C)C(O)C(=O)CC1CC1. The molecule has 0 radical (unpaired) electrons. The van der Waals surface area contributed by atoms with E-state index >= 15 is 0 Å². The van der Waals surface area contributed by atoms with Crippen molar-refractivity contribution in [1.29, 1.82) is 0 Å². The minimum atomic E-state index is -1.22. The summed E-state index contributed by atoms with van der Waals surface area (Å²) in [5.74, 6) is -1.24. The number of aliphatic imine (C=N–C) groups is 1. The van der Waals surface area contributed by atoms with Crippen molar-refractivity contribution in [2.75, 3.05) is 20.2 Å². The fourth-order valence-electron chi connectivity index (χ4n) is 8.56. The molecule has 3 heterocycles. The maximum Gasteiger partial charge on any atom is 0.288 e. The number of likely N-dealkylation sites (N-methyl/N-ethyl adjacent to an activating group) is 1. The highest BCUT2D eigenvalue weighted by atomic mass is 35.5. The summed E-state index contributed by atoms with van der Waals surface area (Å²) in [6.45, 7) is 12.4. The van der Waals surface area contributed by atoms with Gasteiger partial charge in [-0.3, -0.25) is 19.2 Å². The first-order valence-electron chi connectivity index (χ1n) is 20.3. The number of halogens is 1. The van der Waals surface area contributed by atoms with Crippen molar-refractivity contribution in [3.05, 3.63) is 23.4 Å². The molecule has 4 aliphatic rings. The third-order valence-corrected chi connectivity index (χ3v) is 12.1. The number of carbonyl (C=O) groups is 4. The molecule has 5 rings (SSSR count). The molecular weight excluding hydrogens is 708 g/mol. The lowest BCUT2D eigenvalue weighted by atomic mass is 9.73. The van der Waals surface area contributed by atoms with E-state index in [0.717, 1.165) is 44.9 Å². The number of pyridine rings is 1. The molecule has 1 unspecified atom stereocenters. The van der Waals surface area contributed by atoms with E-state index in [1.165, 1.54) is 6.20 Å². The van der Waals surface area contributed by atoms with E-state index in [-0.39, 0.29) is 60.5 Å². The van der Waals surface area contributed by atoms with E-state index in [0.29, 0.717) is 48.7 Å². The zero-order valence-electron chi connectivity index (χ0n) is 33.5. The number of amidine groups is 1. The van der Waals surface area contributed by atoms with E-state index < -0.39 is 41.5 Å². The minimum Gasteiger partial charge on any atom is -0.472 e. The lowest BCUT2D eigenvalue weighted by molar-refractivity contribution is -0.147. The second-order valence-electron chi connectivity index (χ2n) is 18.1. The van der Waals surface area contributed by atoms with Gasteiger partial charge in [0.2, 0.25) is 11.8 Å². The molecule has 11 nitrogen and oxygen atoms in total. The number of ether oxygens (including phenoxy) is 2. The first-order valence-corrected chi connectivity index (χ1v) is 20.7. The van der Waals surface area contributed by atoms with Crippen molar-refractivity contribution in [2.24, 2.45) is 34.1 Å². The van der Waals surface area contributed by atoms with Gasteiger partial charge in [0.25, 0.3) is 6.02 Å². The van der Waals surface area contributed by atoms with Crippen LogP contribution in [0.1, 0.15) is 125 Å². The fourth-order valence-corrected chi connectivity index (χ4v) is 8.67. The number of rotatable bonds is 17. The van der Waals surface area contributed by atoms with Gasteiger partial charge >= 0.3 is 0 Å². The Morgan fingerprint density at radius 1 is 1.07 bits per heavy atom. The predicted molar refractivity (Wildman–Crippen MR) is 208 cm³/mol. The van der Waals surface area contributed by atoms with E-state index in [1.54, 1.807) is 17.0 Å². The number of amides is 1. The van der Waals surface area contributed by atoms with Crippen molar-refractivity contribution in [2.45, 2.75) is 155 Å². The zero-order valence-corrected chi connectivity index (χ0v) is 34.3. The summed E-state index contributed by atoms with van der Waals surface area (Å²) in [6, 6.07) is 2.44. The van der Waals surface area contributed by atoms with E-state index in [9.17, 15) is 24.3 Å². The van der Waals surface area contributed by atoms with Crippen molar-refractivity contribution in [1.82, 2.24) is 14.8 Å². The highest BCUT2D eigenvalue weighted by molar-refractivity contribution is 6.30. The Kier molecular flexibility index (Phi) is 13.9. The molecule has 300 valence electrons. The predicted octanol–water partition coefficient (Wildman–Crippen LogP) is 6.86. The number of nitrogens with zero attached hydrogens (tertiary/aromatic N) is 4. The summed E-state index contributed by atoms with van der Waals surface area (Å²) in [7, 11) is 1.88. The average Bonchev–Trinajstić information content (AvgIpc) is 3.71. The Hall–Kier alpha value is -3.05. The Morgan fingerprint density at radius 3 is 2.35 bits per heavy atom. The van der Waals surface area contributed by atoms with Gasteiger partial charge in [-0.25, -0.2) is 9.98 Å². The van der Waals surface area contributed by atoms with Crippen LogP contribution in [0.15, 0.2) is 23.3 Å². The lowest BCUT2D eigenvalue weighted by Gasteiger charge is -2.39. The summed E-state index contributed by atoms with van der Waals surface area (Å²) in [5, 5.41) is 11.6. The van der Waals surface area contributed by atoms with Crippen LogP contribution in [0.2, 0.25) is 5.02 Å². The van der Waals surface area contributed by atoms with Gasteiger partial charge in [-0.05, 0) is 75.2 Å². The first-order chi connectivity index (χ1) is 25.5. The molecule has 2 aliphatic heterocycles. The number of hydrogen-bond donors (Lipinski definition) is 1. The minimum absolute atomic E-state index is 0.000963. The number of aliphatic hydroxyl groups is 1. The summed E-state index contributed by atoms with van der Waals surface area (Å²) < 4.78 is 12.2. The van der Waals surface area contributed by atoms with Crippen molar-refractivity contribution in [3.8, 4) is 5.88 Å². The molecule has 54 heavy (non-hydrogen) atoms. The molecule has 2 aliphatic carbocycles. The molecule has 6 atom stereocenters. The summed E-state index contributed by atoms with van der Waals surface area (Å²) in [4.78, 5) is 69.5. The van der Waals surface area contributed by atoms with Crippen molar-refractivity contribution >= 4 is 40.9 Å². The summed E-state index contributed by atoms with van der Waals surface area (Å²) >= 11 is 6.07. The quantitative estimate of drug-likeness (QED) is 0.180. The molecule has 12 heteroatoms. The van der Waals surface area contributed by atoms with Crippen LogP contribution >= 0.6 is 11.6 Å². The van der Waals surface area contributed by atoms with Gasteiger partial charge in [0.1, 0.15) is 18.8 Å². The van der Waals surface area contributed by atoms with Crippen LogP contribution < -0.4 is 4.74 Å². The van der Waals surface area contributed by atoms with Gasteiger partial charge in [-0.2, -0.15) is 0 Å². The number of aromatic nitrogens is 1. The second kappa shape index (κ2) is 17.8. The van der Waals surface area contributed by atoms with Gasteiger partial charge in [0.15, 0.2) is 17.3 Å². The smallest absolute Gasteiger partial charge is 0.288 e. The number of hydrogen-bond acceptors (Lipinski definition) is 10. The molecule has 3 fully saturated rings. The number of ketones is 3. The molecule has 1 aromatic heterocycles. The van der Waals surface area contributed by atoms with Crippen LogP contribution in [0.4, 0.5) is 0 Å². The van der Waals surface area contributed by atoms with Crippen LogP contribution in [0.5, 0.6) is 5.88 Å². The number of aliphatic hydroxyl groups excluding tert-OH is 1. The highest BCUT2D eigenvalue weighted by Crippen LogP contribution is 2.39. The van der Waals surface area contributed by atoms with E-state index in [2.05, 4.69) is 4.98 Å². The molecular formula is C42H63ClN4O7. The highest BCUT2D eigenvalue weighted by Gasteiger charge is 2.48. The van der Waals surface area contributed by atoms with Crippen LogP contribution in [-0.2, 0) is 23.9 Å². The molecule has 0 bridgehead atoms. The standard InChI is InChI=1S/C42H63ClN4O7/c1-8-12-28(38(51)35(50)19-26-15-16-26)20-33(48)32-21-30(54-36-18-17-29(43)23-44-36)24-47(32)39(52)31(41(2,3)4)22-34(49)37(27-13-10-9-11-14-27)46(7)40-45-42(5,6)25-53-40/h17-18,23,26-28,30-32,37-38,51H,8-16,19-22,24-25H2,1-7H3/t28-,30-,31-,32+,37+,38?/m1/s1. The molecule has 1 N–H and O–H groups in total. The number of Topliss-reactive ketones (excluding diaryl/α,β-unsaturated/α-hetero) is 3. The van der Waals surface area contributed by atoms with Gasteiger partial charge < -0.3 is 24.4 Å².